The minimum atomic E-state index is 0.359. The molecule has 0 radical (unpaired) electrons. The Morgan fingerprint density at radius 3 is 1.30 bits per heavy atom. The Hall–Kier alpha value is -0.800. The number of rotatable bonds is 8. The van der Waals surface area contributed by atoms with Crippen molar-refractivity contribution in [1.29, 1.82) is 0 Å². The average molecular weight is 322 g/mol. The van der Waals surface area contributed by atoms with Crippen LogP contribution in [0.2, 0.25) is 0 Å². The maximum Gasteiger partial charge on any atom is 0.0861 e. The largest absolute Gasteiger partial charge is 0.473 e. The molecular weight excluding hydrogens is 288 g/mol. The molecule has 0 aromatic carbocycles. The van der Waals surface area contributed by atoms with Crippen molar-refractivity contribution in [3.05, 3.63) is 24.7 Å². The summed E-state index contributed by atoms with van der Waals surface area (Å²) in [5, 5.41) is 18.3. The predicted molar refractivity (Wildman–Crippen MR) is 93.7 cm³/mol. The van der Waals surface area contributed by atoms with Crippen molar-refractivity contribution in [1.82, 2.24) is 0 Å². The van der Waals surface area contributed by atoms with Gasteiger partial charge in [-0.15, -0.1) is 0 Å². The Morgan fingerprint density at radius 2 is 0.957 bits per heavy atom. The van der Waals surface area contributed by atoms with E-state index in [1.807, 2.05) is 12.5 Å². The van der Waals surface area contributed by atoms with Crippen molar-refractivity contribution >= 4 is 0 Å². The summed E-state index contributed by atoms with van der Waals surface area (Å²) in [4.78, 5) is 0. The van der Waals surface area contributed by atoms with Crippen molar-refractivity contribution in [2.75, 3.05) is 13.2 Å². The fourth-order valence-electron chi connectivity index (χ4n) is 3.95. The van der Waals surface area contributed by atoms with Gasteiger partial charge in [-0.05, 0) is 100 Å². The van der Waals surface area contributed by atoms with Crippen LogP contribution in [0.25, 0.3) is 0 Å². The van der Waals surface area contributed by atoms with Crippen LogP contribution in [0, 0.1) is 23.7 Å². The molecule has 0 atom stereocenters. The van der Waals surface area contributed by atoms with Crippen LogP contribution in [0.1, 0.15) is 64.2 Å². The van der Waals surface area contributed by atoms with Crippen molar-refractivity contribution in [2.24, 2.45) is 23.7 Å². The van der Waals surface area contributed by atoms with E-state index in [1.54, 1.807) is 0 Å². The van der Waals surface area contributed by atoms with E-state index in [0.29, 0.717) is 25.0 Å². The molecule has 0 spiro atoms. The molecule has 2 aliphatic rings. The highest BCUT2D eigenvalue weighted by Gasteiger charge is 2.20. The van der Waals surface area contributed by atoms with Gasteiger partial charge in [-0.3, -0.25) is 0 Å². The van der Waals surface area contributed by atoms with Gasteiger partial charge in [0.2, 0.25) is 0 Å². The van der Waals surface area contributed by atoms with E-state index >= 15 is 0 Å². The lowest BCUT2D eigenvalue weighted by atomic mass is 9.81. The maximum absolute atomic E-state index is 9.14. The molecule has 2 N–H and O–H groups in total. The second-order valence-electron chi connectivity index (χ2n) is 7.49. The van der Waals surface area contributed by atoms with E-state index in [4.69, 9.17) is 14.9 Å². The number of hydrogen-bond acceptors (Lipinski definition) is 3. The van der Waals surface area contributed by atoms with Crippen LogP contribution in [0.4, 0.5) is 0 Å². The van der Waals surface area contributed by atoms with Crippen molar-refractivity contribution in [2.45, 2.75) is 64.2 Å². The lowest BCUT2D eigenvalue weighted by molar-refractivity contribution is 0.167. The van der Waals surface area contributed by atoms with Crippen molar-refractivity contribution in [3.63, 3.8) is 0 Å². The molecule has 2 fully saturated rings. The molecule has 23 heavy (non-hydrogen) atoms. The van der Waals surface area contributed by atoms with E-state index in [9.17, 15) is 0 Å². The van der Waals surface area contributed by atoms with E-state index in [1.165, 1.54) is 51.4 Å². The summed E-state index contributed by atoms with van der Waals surface area (Å²) < 4.78 is 5.46. The summed E-state index contributed by atoms with van der Waals surface area (Å²) in [6, 6.07) is 0. The minimum absolute atomic E-state index is 0.359. The number of allylic oxidation sites excluding steroid dienone is 2. The van der Waals surface area contributed by atoms with Gasteiger partial charge < -0.3 is 14.9 Å². The zero-order chi connectivity index (χ0) is 16.3. The SMILES string of the molecule is OCC1CCC(CC=COC=CCC2CCC(CO)CC2)CC1. The minimum Gasteiger partial charge on any atom is -0.473 e. The van der Waals surface area contributed by atoms with E-state index in [0.717, 1.165) is 24.7 Å². The topological polar surface area (TPSA) is 49.7 Å². The zero-order valence-electron chi connectivity index (χ0n) is 14.4. The lowest BCUT2D eigenvalue weighted by Gasteiger charge is -2.26. The third-order valence-electron chi connectivity index (χ3n) is 5.74. The fourth-order valence-corrected chi connectivity index (χ4v) is 3.95. The molecule has 132 valence electrons. The molecule has 0 aromatic rings. The molecule has 2 saturated carbocycles. The van der Waals surface area contributed by atoms with Crippen LogP contribution in [0.15, 0.2) is 24.7 Å². The summed E-state index contributed by atoms with van der Waals surface area (Å²) in [7, 11) is 0. The predicted octanol–water partition coefficient (Wildman–Crippen LogP) is 4.41. The first-order valence-electron chi connectivity index (χ1n) is 9.49. The summed E-state index contributed by atoms with van der Waals surface area (Å²) in [6.07, 6.45) is 19.8. The Balaban J connectivity index is 1.50. The molecule has 0 heterocycles. The normalized spacial score (nSPS) is 32.6. The van der Waals surface area contributed by atoms with Gasteiger partial charge in [-0.2, -0.15) is 0 Å². The van der Waals surface area contributed by atoms with Gasteiger partial charge in [-0.25, -0.2) is 0 Å². The molecule has 2 aliphatic carbocycles. The smallest absolute Gasteiger partial charge is 0.0861 e. The summed E-state index contributed by atoms with van der Waals surface area (Å²) >= 11 is 0. The standard InChI is InChI=1S/C20H34O3/c21-15-19-9-5-17(6-10-19)3-1-13-23-14-2-4-18-7-11-20(16-22)12-8-18/h1-2,13-14,17-22H,3-12,15-16H2. The lowest BCUT2D eigenvalue weighted by Crippen LogP contribution is -2.16. The quantitative estimate of drug-likeness (QED) is 0.651. The van der Waals surface area contributed by atoms with Gasteiger partial charge in [0.25, 0.3) is 0 Å². The molecule has 0 unspecified atom stereocenters. The second-order valence-corrected chi connectivity index (χ2v) is 7.49. The van der Waals surface area contributed by atoms with Crippen LogP contribution < -0.4 is 0 Å². The number of hydrogen-bond donors (Lipinski definition) is 2. The van der Waals surface area contributed by atoms with Crippen LogP contribution >= 0.6 is 0 Å². The van der Waals surface area contributed by atoms with E-state index in [2.05, 4.69) is 12.2 Å². The number of ether oxygens (including phenoxy) is 1. The maximum atomic E-state index is 9.14. The van der Waals surface area contributed by atoms with Crippen molar-refractivity contribution in [3.8, 4) is 0 Å². The average Bonchev–Trinajstić information content (AvgIpc) is 2.62. The first kappa shape index (κ1) is 18.5. The monoisotopic (exact) mass is 322 g/mol. The van der Waals surface area contributed by atoms with E-state index in [-0.39, 0.29) is 0 Å². The van der Waals surface area contributed by atoms with Gasteiger partial charge in [0.1, 0.15) is 0 Å². The van der Waals surface area contributed by atoms with Crippen LogP contribution in [0.5, 0.6) is 0 Å². The summed E-state index contributed by atoms with van der Waals surface area (Å²) in [6.45, 7) is 0.718. The Morgan fingerprint density at radius 1 is 0.609 bits per heavy atom. The third kappa shape index (κ3) is 7.09. The van der Waals surface area contributed by atoms with Gasteiger partial charge in [0.05, 0.1) is 12.5 Å². The zero-order valence-corrected chi connectivity index (χ0v) is 14.4. The molecule has 0 amide bonds. The summed E-state index contributed by atoms with van der Waals surface area (Å²) in [5.41, 5.74) is 0. The molecule has 0 aromatic heterocycles. The molecule has 3 heteroatoms. The fraction of sp³-hybridized carbons (Fsp3) is 0.800. The molecule has 0 saturated heterocycles. The molecular formula is C20H34O3. The molecule has 0 bridgehead atoms. The first-order chi connectivity index (χ1) is 11.3. The van der Waals surface area contributed by atoms with Crippen LogP contribution in [-0.2, 0) is 4.74 Å². The van der Waals surface area contributed by atoms with Crippen molar-refractivity contribution < 1.29 is 14.9 Å². The van der Waals surface area contributed by atoms with Crippen LogP contribution in [0.3, 0.4) is 0 Å². The third-order valence-corrected chi connectivity index (χ3v) is 5.74. The molecule has 3 nitrogen and oxygen atoms in total. The van der Waals surface area contributed by atoms with Gasteiger partial charge in [-0.1, -0.05) is 0 Å². The first-order valence-corrected chi connectivity index (χ1v) is 9.49. The number of aliphatic hydroxyl groups is 2. The van der Waals surface area contributed by atoms with Gasteiger partial charge in [0.15, 0.2) is 0 Å². The Bertz CT molecular complexity index is 314. The molecule has 0 aliphatic heterocycles. The van der Waals surface area contributed by atoms with Crippen LogP contribution in [-0.4, -0.2) is 23.4 Å². The molecule has 2 rings (SSSR count). The highest BCUT2D eigenvalue weighted by atomic mass is 16.5. The Kier molecular flexibility index (Phi) is 8.77. The summed E-state index contributed by atoms with van der Waals surface area (Å²) in [5.74, 6) is 2.62. The van der Waals surface area contributed by atoms with Gasteiger partial charge >= 0.3 is 0 Å². The highest BCUT2D eigenvalue weighted by Crippen LogP contribution is 2.31. The van der Waals surface area contributed by atoms with E-state index < -0.39 is 0 Å². The highest BCUT2D eigenvalue weighted by molar-refractivity contribution is 4.85. The Labute approximate surface area is 141 Å². The second kappa shape index (κ2) is 10.9. The number of aliphatic hydroxyl groups excluding tert-OH is 2. The van der Waals surface area contributed by atoms with Gasteiger partial charge in [0, 0.05) is 13.2 Å².